The fourth-order valence-electron chi connectivity index (χ4n) is 3.33. The zero-order valence-corrected chi connectivity index (χ0v) is 15.8. The summed E-state index contributed by atoms with van der Waals surface area (Å²) in [6.07, 6.45) is -15.1. The summed E-state index contributed by atoms with van der Waals surface area (Å²) in [5.74, 6) is 0.285. The van der Waals surface area contributed by atoms with Crippen LogP contribution in [-0.4, -0.2) is 110 Å². The standard InChI is InChI=1S/C18H27NO11/c19-7-1-3-8(4-2-7)27-18-15(26)16(12(23)10(6-21)29-18)30-17-14(25)13(24)11(22)9(5-20)28-17/h1-4,9-18,20-26H,5-6,19H2/t9?,10?,11-,12-,13+,14?,15?,16+,17-,18+/m1/s1. The average molecular weight is 433 g/mol. The van der Waals surface area contributed by atoms with Crippen molar-refractivity contribution in [1.82, 2.24) is 0 Å². The predicted octanol–water partition coefficient (Wildman–Crippen LogP) is -3.73. The Morgan fingerprint density at radius 2 is 1.30 bits per heavy atom. The van der Waals surface area contributed by atoms with Gasteiger partial charge in [0.15, 0.2) is 6.29 Å². The third kappa shape index (κ3) is 4.68. The number of nitrogen functional groups attached to an aromatic ring is 1. The van der Waals surface area contributed by atoms with Crippen LogP contribution >= 0.6 is 0 Å². The Labute approximate surface area is 171 Å². The van der Waals surface area contributed by atoms with Crippen molar-refractivity contribution < 1.29 is 54.7 Å². The summed E-state index contributed by atoms with van der Waals surface area (Å²) in [5, 5.41) is 69.8. The molecule has 2 fully saturated rings. The predicted molar refractivity (Wildman–Crippen MR) is 97.9 cm³/mol. The highest BCUT2D eigenvalue weighted by molar-refractivity contribution is 5.41. The topological polar surface area (TPSA) is 205 Å². The summed E-state index contributed by atoms with van der Waals surface area (Å²) in [7, 11) is 0. The Balaban J connectivity index is 1.76. The number of nitrogens with two attached hydrogens (primary N) is 1. The number of hydrogen-bond donors (Lipinski definition) is 8. The molecule has 4 unspecified atom stereocenters. The van der Waals surface area contributed by atoms with E-state index in [9.17, 15) is 35.7 Å². The van der Waals surface area contributed by atoms with Crippen molar-refractivity contribution in [2.75, 3.05) is 18.9 Å². The van der Waals surface area contributed by atoms with Crippen LogP contribution in [0.15, 0.2) is 24.3 Å². The maximum Gasteiger partial charge on any atom is 0.229 e. The molecule has 0 aliphatic carbocycles. The lowest BCUT2D eigenvalue weighted by atomic mass is 9.97. The second kappa shape index (κ2) is 9.70. The highest BCUT2D eigenvalue weighted by Gasteiger charge is 2.51. The Kier molecular flexibility index (Phi) is 7.47. The molecule has 12 heteroatoms. The van der Waals surface area contributed by atoms with Crippen LogP contribution in [0.1, 0.15) is 0 Å². The smallest absolute Gasteiger partial charge is 0.229 e. The quantitative estimate of drug-likeness (QED) is 0.204. The van der Waals surface area contributed by atoms with Crippen LogP contribution in [0.2, 0.25) is 0 Å². The van der Waals surface area contributed by atoms with Gasteiger partial charge in [-0.15, -0.1) is 0 Å². The molecule has 2 aliphatic rings. The first kappa shape index (κ1) is 23.1. The van der Waals surface area contributed by atoms with Crippen LogP contribution in [-0.2, 0) is 14.2 Å². The first-order valence-corrected chi connectivity index (χ1v) is 9.37. The van der Waals surface area contributed by atoms with Gasteiger partial charge in [-0.05, 0) is 24.3 Å². The van der Waals surface area contributed by atoms with E-state index in [0.717, 1.165) is 0 Å². The van der Waals surface area contributed by atoms with Crippen molar-refractivity contribution in [3.05, 3.63) is 24.3 Å². The van der Waals surface area contributed by atoms with Crippen LogP contribution in [0.4, 0.5) is 5.69 Å². The van der Waals surface area contributed by atoms with Gasteiger partial charge in [-0.2, -0.15) is 0 Å². The maximum absolute atomic E-state index is 10.6. The van der Waals surface area contributed by atoms with Crippen molar-refractivity contribution in [2.24, 2.45) is 0 Å². The first-order valence-electron chi connectivity index (χ1n) is 9.37. The summed E-state index contributed by atoms with van der Waals surface area (Å²) in [5.41, 5.74) is 6.10. The molecule has 0 spiro atoms. The minimum Gasteiger partial charge on any atom is -0.462 e. The molecule has 2 aliphatic heterocycles. The van der Waals surface area contributed by atoms with E-state index in [4.69, 9.17) is 24.7 Å². The third-order valence-electron chi connectivity index (χ3n) is 5.09. The van der Waals surface area contributed by atoms with Gasteiger partial charge in [0.1, 0.15) is 54.6 Å². The molecule has 2 saturated heterocycles. The van der Waals surface area contributed by atoms with Crippen LogP contribution in [0.25, 0.3) is 0 Å². The number of ether oxygens (including phenoxy) is 4. The molecular weight excluding hydrogens is 406 g/mol. The molecule has 0 radical (unpaired) electrons. The van der Waals surface area contributed by atoms with E-state index in [0.29, 0.717) is 5.69 Å². The molecule has 12 nitrogen and oxygen atoms in total. The van der Waals surface area contributed by atoms with Crippen molar-refractivity contribution in [3.63, 3.8) is 0 Å². The number of aliphatic hydroxyl groups is 7. The lowest BCUT2D eigenvalue weighted by molar-refractivity contribution is -0.352. The van der Waals surface area contributed by atoms with Crippen LogP contribution < -0.4 is 10.5 Å². The monoisotopic (exact) mass is 433 g/mol. The zero-order valence-electron chi connectivity index (χ0n) is 15.8. The Morgan fingerprint density at radius 1 is 0.733 bits per heavy atom. The number of aliphatic hydroxyl groups excluding tert-OH is 7. The van der Waals surface area contributed by atoms with Crippen LogP contribution in [0, 0.1) is 0 Å². The normalized spacial score (nSPS) is 42.1. The van der Waals surface area contributed by atoms with Gasteiger partial charge in [-0.1, -0.05) is 0 Å². The average Bonchev–Trinajstić information content (AvgIpc) is 2.74. The fraction of sp³-hybridized carbons (Fsp3) is 0.667. The zero-order chi connectivity index (χ0) is 22.0. The third-order valence-corrected chi connectivity index (χ3v) is 5.09. The molecule has 1 aromatic carbocycles. The fourth-order valence-corrected chi connectivity index (χ4v) is 3.33. The number of hydrogen-bond acceptors (Lipinski definition) is 12. The highest BCUT2D eigenvalue weighted by Crippen LogP contribution is 2.30. The second-order valence-corrected chi connectivity index (χ2v) is 7.19. The van der Waals surface area contributed by atoms with Crippen molar-refractivity contribution in [1.29, 1.82) is 0 Å². The van der Waals surface area contributed by atoms with Crippen LogP contribution in [0.5, 0.6) is 5.75 Å². The molecule has 3 rings (SSSR count). The molecule has 10 atom stereocenters. The summed E-state index contributed by atoms with van der Waals surface area (Å²) in [4.78, 5) is 0. The Bertz CT molecular complexity index is 675. The van der Waals surface area contributed by atoms with Gasteiger partial charge in [0.2, 0.25) is 6.29 Å². The molecule has 0 bridgehead atoms. The minimum absolute atomic E-state index is 0.285. The lowest BCUT2D eigenvalue weighted by Crippen LogP contribution is -2.65. The molecule has 30 heavy (non-hydrogen) atoms. The summed E-state index contributed by atoms with van der Waals surface area (Å²) in [6, 6.07) is 6.17. The van der Waals surface area contributed by atoms with E-state index in [1.165, 1.54) is 12.1 Å². The van der Waals surface area contributed by atoms with E-state index in [-0.39, 0.29) is 5.75 Å². The van der Waals surface area contributed by atoms with Gasteiger partial charge in [-0.25, -0.2) is 0 Å². The Hall–Kier alpha value is -1.58. The minimum atomic E-state index is -1.74. The SMILES string of the molecule is Nc1ccc(O[C@H]2OC(CO)[C@@H](O)[C@H](O[C@H]3OC(CO)[C@@H](O)[C@H](O)C3O)C2O)cc1. The summed E-state index contributed by atoms with van der Waals surface area (Å²) in [6.45, 7) is -1.31. The molecule has 170 valence electrons. The summed E-state index contributed by atoms with van der Waals surface area (Å²) >= 11 is 0. The van der Waals surface area contributed by atoms with Crippen molar-refractivity contribution >= 4 is 5.69 Å². The van der Waals surface area contributed by atoms with Gasteiger partial charge in [0.05, 0.1) is 13.2 Å². The highest BCUT2D eigenvalue weighted by atomic mass is 16.7. The number of rotatable bonds is 6. The molecule has 0 amide bonds. The van der Waals surface area contributed by atoms with Gasteiger partial charge in [0.25, 0.3) is 0 Å². The van der Waals surface area contributed by atoms with E-state index < -0.39 is 74.6 Å². The van der Waals surface area contributed by atoms with Gasteiger partial charge in [0, 0.05) is 5.69 Å². The first-order chi connectivity index (χ1) is 14.3. The molecular formula is C18H27NO11. The van der Waals surface area contributed by atoms with Crippen molar-refractivity contribution in [3.8, 4) is 5.75 Å². The van der Waals surface area contributed by atoms with Gasteiger partial charge < -0.3 is 60.4 Å². The molecule has 9 N–H and O–H groups in total. The molecule has 1 aromatic rings. The van der Waals surface area contributed by atoms with E-state index in [1.807, 2.05) is 0 Å². The largest absolute Gasteiger partial charge is 0.462 e. The number of anilines is 1. The van der Waals surface area contributed by atoms with Crippen LogP contribution in [0.3, 0.4) is 0 Å². The molecule has 0 aromatic heterocycles. The van der Waals surface area contributed by atoms with Gasteiger partial charge in [-0.3, -0.25) is 0 Å². The lowest BCUT2D eigenvalue weighted by Gasteiger charge is -2.45. The maximum atomic E-state index is 10.6. The van der Waals surface area contributed by atoms with E-state index >= 15 is 0 Å². The number of benzene rings is 1. The van der Waals surface area contributed by atoms with E-state index in [1.54, 1.807) is 12.1 Å². The van der Waals surface area contributed by atoms with Crippen molar-refractivity contribution in [2.45, 2.75) is 61.4 Å². The van der Waals surface area contributed by atoms with Gasteiger partial charge >= 0.3 is 0 Å². The van der Waals surface area contributed by atoms with E-state index in [2.05, 4.69) is 0 Å². The summed E-state index contributed by atoms with van der Waals surface area (Å²) < 4.78 is 21.7. The second-order valence-electron chi connectivity index (χ2n) is 7.19. The Morgan fingerprint density at radius 3 is 1.90 bits per heavy atom. The molecule has 0 saturated carbocycles. The molecule has 2 heterocycles.